The molecule has 0 spiro atoms. The number of rotatable bonds is 6. The van der Waals surface area contributed by atoms with Gasteiger partial charge in [0.25, 0.3) is 0 Å². The Labute approximate surface area is 129 Å². The molecule has 2 aromatic rings. The summed E-state index contributed by atoms with van der Waals surface area (Å²) in [6, 6.07) is 16.6. The molecule has 0 fully saturated rings. The maximum Gasteiger partial charge on any atom is 0.239 e. The molecular formula is C17H17N3O2. The highest BCUT2D eigenvalue weighted by Crippen LogP contribution is 2.12. The first-order valence-electron chi connectivity index (χ1n) is 6.85. The fourth-order valence-corrected chi connectivity index (χ4v) is 1.89. The largest absolute Gasteiger partial charge is 0.497 e. The van der Waals surface area contributed by atoms with E-state index in [4.69, 9.17) is 10.00 Å². The minimum atomic E-state index is -0.104. The molecule has 0 aliphatic carbocycles. The fourth-order valence-electron chi connectivity index (χ4n) is 1.89. The number of amides is 1. The molecule has 2 N–H and O–H groups in total. The van der Waals surface area contributed by atoms with Crippen LogP contribution < -0.4 is 15.4 Å². The smallest absolute Gasteiger partial charge is 0.239 e. The van der Waals surface area contributed by atoms with Crippen LogP contribution in [-0.4, -0.2) is 19.6 Å². The molecule has 1 amide bonds. The summed E-state index contributed by atoms with van der Waals surface area (Å²) in [5, 5.41) is 14.6. The molecule has 0 unspecified atom stereocenters. The highest BCUT2D eigenvalue weighted by atomic mass is 16.5. The van der Waals surface area contributed by atoms with Crippen molar-refractivity contribution in [1.29, 1.82) is 5.26 Å². The van der Waals surface area contributed by atoms with Crippen molar-refractivity contribution in [3.8, 4) is 11.8 Å². The summed E-state index contributed by atoms with van der Waals surface area (Å²) in [4.78, 5) is 11.8. The maximum absolute atomic E-state index is 11.8. The van der Waals surface area contributed by atoms with Crippen molar-refractivity contribution in [3.63, 3.8) is 0 Å². The lowest BCUT2D eigenvalue weighted by atomic mass is 10.2. The van der Waals surface area contributed by atoms with Gasteiger partial charge >= 0.3 is 0 Å². The van der Waals surface area contributed by atoms with Crippen molar-refractivity contribution >= 4 is 11.6 Å². The Bertz CT molecular complexity index is 675. The van der Waals surface area contributed by atoms with Gasteiger partial charge < -0.3 is 15.4 Å². The molecule has 0 aromatic heterocycles. The first-order chi connectivity index (χ1) is 10.7. The standard InChI is InChI=1S/C17H17N3O2/c1-22-16-4-2-3-14(9-16)11-20-17(21)12-19-15-7-5-13(10-18)6-8-15/h2-9,19H,11-12H2,1H3,(H,20,21). The van der Waals surface area contributed by atoms with Crippen molar-refractivity contribution in [2.45, 2.75) is 6.54 Å². The molecule has 0 atom stereocenters. The third kappa shape index (κ3) is 4.53. The summed E-state index contributed by atoms with van der Waals surface area (Å²) in [5.41, 5.74) is 2.37. The van der Waals surface area contributed by atoms with E-state index in [1.54, 1.807) is 31.4 Å². The molecular weight excluding hydrogens is 278 g/mol. The number of nitrogens with zero attached hydrogens (tertiary/aromatic N) is 1. The summed E-state index contributed by atoms with van der Waals surface area (Å²) >= 11 is 0. The van der Waals surface area contributed by atoms with Gasteiger partial charge in [-0.15, -0.1) is 0 Å². The van der Waals surface area contributed by atoms with E-state index in [0.717, 1.165) is 17.0 Å². The van der Waals surface area contributed by atoms with Crippen LogP contribution >= 0.6 is 0 Å². The Morgan fingerprint density at radius 2 is 2.00 bits per heavy atom. The molecule has 0 bridgehead atoms. The molecule has 112 valence electrons. The average molecular weight is 295 g/mol. The monoisotopic (exact) mass is 295 g/mol. The quantitative estimate of drug-likeness (QED) is 0.857. The highest BCUT2D eigenvalue weighted by Gasteiger charge is 2.02. The normalized spacial score (nSPS) is 9.64. The minimum absolute atomic E-state index is 0.104. The number of nitrogens with one attached hydrogen (secondary N) is 2. The van der Waals surface area contributed by atoms with E-state index in [9.17, 15) is 4.79 Å². The van der Waals surface area contributed by atoms with Crippen LogP contribution in [0.1, 0.15) is 11.1 Å². The number of methoxy groups -OCH3 is 1. The predicted molar refractivity (Wildman–Crippen MR) is 84.5 cm³/mol. The molecule has 0 aliphatic rings. The van der Waals surface area contributed by atoms with E-state index in [2.05, 4.69) is 10.6 Å². The van der Waals surface area contributed by atoms with E-state index >= 15 is 0 Å². The molecule has 0 aliphatic heterocycles. The number of carbonyl (C=O) groups excluding carboxylic acids is 1. The van der Waals surface area contributed by atoms with Crippen LogP contribution in [0, 0.1) is 11.3 Å². The van der Waals surface area contributed by atoms with Gasteiger partial charge in [0.05, 0.1) is 25.3 Å². The van der Waals surface area contributed by atoms with Gasteiger partial charge in [0.1, 0.15) is 5.75 Å². The Balaban J connectivity index is 1.79. The van der Waals surface area contributed by atoms with Crippen LogP contribution in [-0.2, 0) is 11.3 Å². The zero-order valence-electron chi connectivity index (χ0n) is 12.3. The topological polar surface area (TPSA) is 74.2 Å². The zero-order chi connectivity index (χ0) is 15.8. The lowest BCUT2D eigenvalue weighted by Gasteiger charge is -2.09. The Morgan fingerprint density at radius 1 is 1.23 bits per heavy atom. The molecule has 5 heteroatoms. The average Bonchev–Trinajstić information content (AvgIpc) is 2.58. The maximum atomic E-state index is 11.8. The van der Waals surface area contributed by atoms with Crippen LogP contribution in [0.4, 0.5) is 5.69 Å². The number of hydrogen-bond acceptors (Lipinski definition) is 4. The van der Waals surface area contributed by atoms with Gasteiger partial charge in [0, 0.05) is 12.2 Å². The van der Waals surface area contributed by atoms with Crippen LogP contribution in [0.15, 0.2) is 48.5 Å². The van der Waals surface area contributed by atoms with E-state index in [0.29, 0.717) is 12.1 Å². The second kappa shape index (κ2) is 7.70. The lowest BCUT2D eigenvalue weighted by molar-refractivity contribution is -0.119. The number of benzene rings is 2. The number of hydrogen-bond donors (Lipinski definition) is 2. The third-order valence-corrected chi connectivity index (χ3v) is 3.09. The van der Waals surface area contributed by atoms with Crippen molar-refractivity contribution in [1.82, 2.24) is 5.32 Å². The predicted octanol–water partition coefficient (Wildman–Crippen LogP) is 2.30. The summed E-state index contributed by atoms with van der Waals surface area (Å²) in [7, 11) is 1.61. The lowest BCUT2D eigenvalue weighted by Crippen LogP contribution is -2.29. The van der Waals surface area contributed by atoms with Crippen molar-refractivity contribution in [2.75, 3.05) is 19.0 Å². The summed E-state index contributed by atoms with van der Waals surface area (Å²) in [5.74, 6) is 0.662. The molecule has 22 heavy (non-hydrogen) atoms. The molecule has 0 saturated carbocycles. The minimum Gasteiger partial charge on any atom is -0.497 e. The van der Waals surface area contributed by atoms with Gasteiger partial charge in [-0.25, -0.2) is 0 Å². The van der Waals surface area contributed by atoms with Crippen molar-refractivity contribution in [2.24, 2.45) is 0 Å². The second-order valence-electron chi connectivity index (χ2n) is 4.67. The van der Waals surface area contributed by atoms with Gasteiger partial charge in [-0.3, -0.25) is 4.79 Å². The van der Waals surface area contributed by atoms with Crippen molar-refractivity contribution in [3.05, 3.63) is 59.7 Å². The molecule has 0 heterocycles. The Kier molecular flexibility index (Phi) is 5.38. The number of anilines is 1. The fraction of sp³-hybridized carbons (Fsp3) is 0.176. The van der Waals surface area contributed by atoms with E-state index in [1.807, 2.05) is 30.3 Å². The van der Waals surface area contributed by atoms with Crippen LogP contribution in [0.2, 0.25) is 0 Å². The van der Waals surface area contributed by atoms with Crippen LogP contribution in [0.25, 0.3) is 0 Å². The second-order valence-corrected chi connectivity index (χ2v) is 4.67. The number of ether oxygens (including phenoxy) is 1. The van der Waals surface area contributed by atoms with Gasteiger partial charge in [-0.2, -0.15) is 5.26 Å². The molecule has 2 aromatic carbocycles. The first-order valence-corrected chi connectivity index (χ1v) is 6.85. The molecule has 0 saturated heterocycles. The van der Waals surface area contributed by atoms with Crippen molar-refractivity contribution < 1.29 is 9.53 Å². The van der Waals surface area contributed by atoms with Gasteiger partial charge in [-0.1, -0.05) is 12.1 Å². The highest BCUT2D eigenvalue weighted by molar-refractivity contribution is 5.80. The third-order valence-electron chi connectivity index (χ3n) is 3.09. The first kappa shape index (κ1) is 15.4. The van der Waals surface area contributed by atoms with Gasteiger partial charge in [-0.05, 0) is 42.0 Å². The number of carbonyl (C=O) groups is 1. The summed E-state index contributed by atoms with van der Waals surface area (Å²) in [6.07, 6.45) is 0. The Hall–Kier alpha value is -3.00. The van der Waals surface area contributed by atoms with Gasteiger partial charge in [0.2, 0.25) is 5.91 Å². The van der Waals surface area contributed by atoms with E-state index in [-0.39, 0.29) is 12.5 Å². The molecule has 5 nitrogen and oxygen atoms in total. The van der Waals surface area contributed by atoms with Crippen LogP contribution in [0.3, 0.4) is 0 Å². The SMILES string of the molecule is COc1cccc(CNC(=O)CNc2ccc(C#N)cc2)c1. The Morgan fingerprint density at radius 3 is 2.68 bits per heavy atom. The zero-order valence-corrected chi connectivity index (χ0v) is 12.3. The van der Waals surface area contributed by atoms with E-state index < -0.39 is 0 Å². The molecule has 0 radical (unpaired) electrons. The number of nitriles is 1. The molecule has 2 rings (SSSR count). The van der Waals surface area contributed by atoms with Crippen LogP contribution in [0.5, 0.6) is 5.75 Å². The van der Waals surface area contributed by atoms with Gasteiger partial charge in [0.15, 0.2) is 0 Å². The van der Waals surface area contributed by atoms with E-state index in [1.165, 1.54) is 0 Å². The summed E-state index contributed by atoms with van der Waals surface area (Å²) in [6.45, 7) is 0.626. The summed E-state index contributed by atoms with van der Waals surface area (Å²) < 4.78 is 5.14.